The van der Waals surface area contributed by atoms with E-state index in [0.717, 1.165) is 74.6 Å². The van der Waals surface area contributed by atoms with E-state index in [1.165, 1.54) is 6.42 Å². The Balaban J connectivity index is 0.000000383. The second-order valence-electron chi connectivity index (χ2n) is 8.68. The summed E-state index contributed by atoms with van der Waals surface area (Å²) in [5.41, 5.74) is 2.54. The Morgan fingerprint density at radius 2 is 2.03 bits per heavy atom. The lowest BCUT2D eigenvalue weighted by molar-refractivity contribution is -0.192. The molecule has 2 N–H and O–H groups in total. The van der Waals surface area contributed by atoms with E-state index in [9.17, 15) is 18.3 Å². The molecule has 0 bridgehead atoms. The molecule has 0 amide bonds. The van der Waals surface area contributed by atoms with E-state index in [4.69, 9.17) is 14.9 Å². The Kier molecular flexibility index (Phi) is 7.61. The van der Waals surface area contributed by atoms with Crippen LogP contribution in [-0.4, -0.2) is 60.8 Å². The van der Waals surface area contributed by atoms with Gasteiger partial charge in [-0.2, -0.15) is 18.3 Å². The van der Waals surface area contributed by atoms with Crippen molar-refractivity contribution >= 4 is 11.9 Å². The first kappa shape index (κ1) is 24.9. The lowest BCUT2D eigenvalue weighted by Crippen LogP contribution is -2.53. The number of carbonyl (C=O) groups is 1. The maximum absolute atomic E-state index is 10.9. The van der Waals surface area contributed by atoms with E-state index in [0.29, 0.717) is 5.92 Å². The van der Waals surface area contributed by atoms with Gasteiger partial charge in [-0.25, -0.2) is 14.8 Å². The normalized spacial score (nSPS) is 22.8. The number of aliphatic carboxylic acids is 1. The highest BCUT2D eigenvalue weighted by atomic mass is 19.4. The molecular weight excluding hydrogens is 439 g/mol. The van der Waals surface area contributed by atoms with Crippen molar-refractivity contribution in [2.24, 2.45) is 5.92 Å². The van der Waals surface area contributed by atoms with Gasteiger partial charge in [0.05, 0.1) is 17.0 Å². The predicted molar refractivity (Wildman–Crippen MR) is 116 cm³/mol. The molecule has 4 rings (SSSR count). The van der Waals surface area contributed by atoms with Crippen LogP contribution in [0, 0.1) is 12.8 Å². The molecule has 8 nitrogen and oxygen atoms in total. The van der Waals surface area contributed by atoms with Crippen LogP contribution < -0.4 is 4.90 Å². The Labute approximate surface area is 190 Å². The number of fused-ring (bicyclic) bond motifs is 1. The summed E-state index contributed by atoms with van der Waals surface area (Å²) in [4.78, 5) is 20.5. The molecule has 0 radical (unpaired) electrons. The van der Waals surface area contributed by atoms with E-state index < -0.39 is 17.7 Å². The van der Waals surface area contributed by atoms with Gasteiger partial charge in [-0.3, -0.25) is 4.68 Å². The number of hydrogen-bond donors (Lipinski definition) is 2. The van der Waals surface area contributed by atoms with Crippen molar-refractivity contribution in [2.75, 3.05) is 18.0 Å². The van der Waals surface area contributed by atoms with Crippen LogP contribution in [0.3, 0.4) is 0 Å². The summed E-state index contributed by atoms with van der Waals surface area (Å²) in [6.45, 7) is 6.79. The number of anilines is 1. The van der Waals surface area contributed by atoms with Crippen molar-refractivity contribution in [3.8, 4) is 11.3 Å². The van der Waals surface area contributed by atoms with Crippen LogP contribution in [-0.2, 0) is 11.3 Å². The van der Waals surface area contributed by atoms with Crippen molar-refractivity contribution in [3.63, 3.8) is 0 Å². The summed E-state index contributed by atoms with van der Waals surface area (Å²) in [6, 6.07) is 1.96. The van der Waals surface area contributed by atoms with Crippen LogP contribution in [0.15, 0.2) is 18.5 Å². The number of nitrogens with zero attached hydrogens (tertiary/aromatic N) is 5. The van der Waals surface area contributed by atoms with Gasteiger partial charge in [0.25, 0.3) is 0 Å². The molecule has 11 heteroatoms. The summed E-state index contributed by atoms with van der Waals surface area (Å²) in [5.74, 6) is -1.64. The first-order valence-corrected chi connectivity index (χ1v) is 11.2. The molecule has 3 heterocycles. The van der Waals surface area contributed by atoms with Crippen molar-refractivity contribution in [1.82, 2.24) is 19.7 Å². The van der Waals surface area contributed by atoms with E-state index >= 15 is 0 Å². The highest BCUT2D eigenvalue weighted by Gasteiger charge is 2.43. The summed E-state index contributed by atoms with van der Waals surface area (Å²) < 4.78 is 33.7. The number of hydrogen-bond acceptors (Lipinski definition) is 6. The number of halogens is 3. The smallest absolute Gasteiger partial charge is 0.475 e. The number of aromatic nitrogens is 4. The van der Waals surface area contributed by atoms with Gasteiger partial charge >= 0.3 is 12.1 Å². The van der Waals surface area contributed by atoms with E-state index in [1.807, 2.05) is 23.9 Å². The topological polar surface area (TPSA) is 104 Å². The maximum atomic E-state index is 10.9. The predicted octanol–water partition coefficient (Wildman–Crippen LogP) is 3.82. The first-order chi connectivity index (χ1) is 15.5. The minimum Gasteiger partial charge on any atom is -0.475 e. The third kappa shape index (κ3) is 6.01. The molecule has 1 aliphatic heterocycles. The van der Waals surface area contributed by atoms with Gasteiger partial charge in [0.2, 0.25) is 5.95 Å². The summed E-state index contributed by atoms with van der Waals surface area (Å²) >= 11 is 0. The summed E-state index contributed by atoms with van der Waals surface area (Å²) in [7, 11) is 0. The molecule has 1 saturated carbocycles. The Morgan fingerprint density at radius 3 is 2.70 bits per heavy atom. The molecule has 2 aromatic heterocycles. The summed E-state index contributed by atoms with van der Waals surface area (Å²) in [5, 5.41) is 22.6. The minimum atomic E-state index is -5.08. The molecule has 0 aromatic carbocycles. The average Bonchev–Trinajstić information content (AvgIpc) is 3.13. The van der Waals surface area contributed by atoms with Crippen LogP contribution in [0.25, 0.3) is 11.3 Å². The number of aliphatic hydroxyl groups is 1. The van der Waals surface area contributed by atoms with Gasteiger partial charge in [-0.1, -0.05) is 19.8 Å². The molecule has 2 fully saturated rings. The van der Waals surface area contributed by atoms with Gasteiger partial charge in [-0.15, -0.1) is 0 Å². The van der Waals surface area contributed by atoms with Crippen molar-refractivity contribution in [1.29, 1.82) is 0 Å². The Bertz CT molecular complexity index is 965. The van der Waals surface area contributed by atoms with Gasteiger partial charge in [0, 0.05) is 43.5 Å². The number of aryl methyl sites for hydroxylation is 2. The van der Waals surface area contributed by atoms with E-state index in [2.05, 4.69) is 28.1 Å². The quantitative estimate of drug-likeness (QED) is 0.701. The third-order valence-electron chi connectivity index (χ3n) is 6.27. The molecule has 2 atom stereocenters. The van der Waals surface area contributed by atoms with Gasteiger partial charge in [0.1, 0.15) is 0 Å². The standard InChI is InChI=1S/C20H29N5O.C2HF3O2/c1-3-11-25-14-17(15(2)23-25)18-7-10-21-19(22-18)24-12-9-20(26)8-5-4-6-16(20)13-24;3-2(4,5)1(6)7/h7,10,14,16,26H,3-6,8-9,11-13H2,1-2H3;(H,6,7)/t16-,20-;/m0./s1. The molecule has 33 heavy (non-hydrogen) atoms. The van der Waals surface area contributed by atoms with Crippen LogP contribution in [0.2, 0.25) is 0 Å². The van der Waals surface area contributed by atoms with Crippen LogP contribution in [0.5, 0.6) is 0 Å². The highest BCUT2D eigenvalue weighted by Crippen LogP contribution is 2.40. The van der Waals surface area contributed by atoms with Gasteiger partial charge < -0.3 is 15.1 Å². The second-order valence-corrected chi connectivity index (χ2v) is 8.68. The zero-order valence-corrected chi connectivity index (χ0v) is 18.8. The number of carboxylic acids is 1. The number of carboxylic acid groups (broad SMARTS) is 1. The Morgan fingerprint density at radius 1 is 1.30 bits per heavy atom. The van der Waals surface area contributed by atoms with Gasteiger partial charge in [0.15, 0.2) is 0 Å². The molecule has 0 unspecified atom stereocenters. The fourth-order valence-corrected chi connectivity index (χ4v) is 4.52. The maximum Gasteiger partial charge on any atom is 0.490 e. The molecule has 0 spiro atoms. The Hall–Kier alpha value is -2.69. The first-order valence-electron chi connectivity index (χ1n) is 11.2. The van der Waals surface area contributed by atoms with E-state index in [-0.39, 0.29) is 0 Å². The molecule has 182 valence electrons. The van der Waals surface area contributed by atoms with Crippen molar-refractivity contribution in [2.45, 2.75) is 70.7 Å². The van der Waals surface area contributed by atoms with Crippen molar-refractivity contribution in [3.05, 3.63) is 24.2 Å². The fourth-order valence-electron chi connectivity index (χ4n) is 4.52. The highest BCUT2D eigenvalue weighted by molar-refractivity contribution is 5.73. The van der Waals surface area contributed by atoms with Crippen LogP contribution >= 0.6 is 0 Å². The minimum absolute atomic E-state index is 0.339. The largest absolute Gasteiger partial charge is 0.490 e. The lowest BCUT2D eigenvalue weighted by atomic mass is 9.71. The zero-order valence-electron chi connectivity index (χ0n) is 18.8. The van der Waals surface area contributed by atoms with Crippen molar-refractivity contribution < 1.29 is 28.2 Å². The lowest BCUT2D eigenvalue weighted by Gasteiger charge is -2.47. The number of alkyl halides is 3. The van der Waals surface area contributed by atoms with Crippen LogP contribution in [0.1, 0.15) is 51.1 Å². The summed E-state index contributed by atoms with van der Waals surface area (Å²) in [6.07, 6.45) is 5.15. The SMILES string of the molecule is CCCn1cc(-c2ccnc(N3CC[C@@]4(O)CCCC[C@H]4C3)n2)c(C)n1.O=C(O)C(F)(F)F. The molecular formula is C22H30F3N5O3. The average molecular weight is 470 g/mol. The zero-order chi connectivity index (χ0) is 24.2. The fraction of sp³-hybridized carbons (Fsp3) is 0.636. The molecule has 2 aromatic rings. The van der Waals surface area contributed by atoms with Crippen LogP contribution in [0.4, 0.5) is 19.1 Å². The molecule has 2 aliphatic rings. The third-order valence-corrected chi connectivity index (χ3v) is 6.27. The van der Waals surface area contributed by atoms with Gasteiger partial charge in [-0.05, 0) is 38.7 Å². The number of piperidine rings is 1. The monoisotopic (exact) mass is 469 g/mol. The number of rotatable bonds is 4. The van der Waals surface area contributed by atoms with E-state index in [1.54, 1.807) is 0 Å². The second kappa shape index (κ2) is 10.1. The molecule has 1 saturated heterocycles. The molecule has 1 aliphatic carbocycles.